The van der Waals surface area contributed by atoms with E-state index in [1.807, 2.05) is 30.3 Å². The summed E-state index contributed by atoms with van der Waals surface area (Å²) in [5.74, 6) is 0. The number of para-hydroxylation sites is 5. The molecule has 0 unspecified atom stereocenters. The Morgan fingerprint density at radius 3 is 1.54 bits per heavy atom. The van der Waals surface area contributed by atoms with E-state index in [1.165, 1.54) is 15.5 Å². The number of hydrogen-bond donors (Lipinski definition) is 0. The van der Waals surface area contributed by atoms with Gasteiger partial charge in [0.25, 0.3) is 0 Å². The predicted molar refractivity (Wildman–Crippen MR) is 225 cm³/mol. The van der Waals surface area contributed by atoms with Gasteiger partial charge in [-0.2, -0.15) is 0 Å². The van der Waals surface area contributed by atoms with Crippen molar-refractivity contribution in [1.29, 1.82) is 0 Å². The van der Waals surface area contributed by atoms with E-state index in [0.717, 1.165) is 98.9 Å². The Bertz CT molecular complexity index is 3250. The topological polar surface area (TPSA) is 44.1 Å². The van der Waals surface area contributed by atoms with Crippen molar-refractivity contribution in [2.75, 3.05) is 0 Å². The molecule has 0 saturated carbocycles. The SMILES string of the molecule is c1ccc2sc(-c3ccc(-n4c5ccc(-c6cccc7c6oc6ccccc67)cc5c5cc(-c6cccc7c6oc6ccccc67)ccc54)cc3)nc2c1. The number of nitrogens with zero attached hydrogens (tertiary/aromatic N) is 2. The molecule has 12 aromatic rings. The van der Waals surface area contributed by atoms with Crippen LogP contribution in [0.15, 0.2) is 179 Å². The van der Waals surface area contributed by atoms with Crippen molar-refractivity contribution in [2.45, 2.75) is 0 Å². The normalized spacial score (nSPS) is 12.1. The van der Waals surface area contributed by atoms with Gasteiger partial charge in [0.05, 0.1) is 21.3 Å². The maximum Gasteiger partial charge on any atom is 0.143 e. The summed E-state index contributed by atoms with van der Waals surface area (Å²) in [6.07, 6.45) is 0. The van der Waals surface area contributed by atoms with Crippen LogP contribution in [0.4, 0.5) is 0 Å². The van der Waals surface area contributed by atoms with Crippen LogP contribution in [0, 0.1) is 0 Å². The lowest BCUT2D eigenvalue weighted by molar-refractivity contribution is 0.669. The van der Waals surface area contributed by atoms with Crippen molar-refractivity contribution >= 4 is 87.2 Å². The van der Waals surface area contributed by atoms with E-state index < -0.39 is 0 Å². The van der Waals surface area contributed by atoms with Gasteiger partial charge in [-0.1, -0.05) is 97.1 Å². The van der Waals surface area contributed by atoms with Crippen LogP contribution >= 0.6 is 11.3 Å². The van der Waals surface area contributed by atoms with E-state index in [2.05, 4.69) is 144 Å². The molecule has 252 valence electrons. The van der Waals surface area contributed by atoms with Crippen LogP contribution in [-0.4, -0.2) is 9.55 Å². The molecule has 0 amide bonds. The highest BCUT2D eigenvalue weighted by Crippen LogP contribution is 2.42. The quantitative estimate of drug-likeness (QED) is 0.183. The van der Waals surface area contributed by atoms with E-state index in [0.29, 0.717) is 0 Å². The molecule has 54 heavy (non-hydrogen) atoms. The summed E-state index contributed by atoms with van der Waals surface area (Å²) in [5.41, 5.74) is 13.5. The van der Waals surface area contributed by atoms with Crippen molar-refractivity contribution < 1.29 is 8.83 Å². The summed E-state index contributed by atoms with van der Waals surface area (Å²) in [5, 5.41) is 7.88. The third-order valence-corrected chi connectivity index (χ3v) is 11.9. The smallest absolute Gasteiger partial charge is 0.143 e. The van der Waals surface area contributed by atoms with Gasteiger partial charge in [0.2, 0.25) is 0 Å². The van der Waals surface area contributed by atoms with Gasteiger partial charge >= 0.3 is 0 Å². The van der Waals surface area contributed by atoms with Gasteiger partial charge in [-0.15, -0.1) is 11.3 Å². The number of aromatic nitrogens is 2. The van der Waals surface area contributed by atoms with Crippen LogP contribution in [0.25, 0.3) is 114 Å². The first-order chi connectivity index (χ1) is 26.7. The molecule has 8 aromatic carbocycles. The zero-order chi connectivity index (χ0) is 35.3. The molecule has 0 aliphatic carbocycles. The molecule has 0 aliphatic heterocycles. The van der Waals surface area contributed by atoms with Gasteiger partial charge in [0.1, 0.15) is 27.3 Å². The second-order valence-electron chi connectivity index (χ2n) is 13.9. The Hall–Kier alpha value is -6.95. The minimum atomic E-state index is 0.899. The molecule has 0 radical (unpaired) electrons. The molecule has 0 aliphatic rings. The summed E-state index contributed by atoms with van der Waals surface area (Å²) < 4.78 is 16.6. The number of benzene rings is 8. The van der Waals surface area contributed by atoms with Gasteiger partial charge < -0.3 is 13.4 Å². The van der Waals surface area contributed by atoms with E-state index in [9.17, 15) is 0 Å². The molecule has 0 atom stereocenters. The monoisotopic (exact) mass is 708 g/mol. The van der Waals surface area contributed by atoms with Gasteiger partial charge in [-0.3, -0.25) is 0 Å². The number of fused-ring (bicyclic) bond motifs is 10. The van der Waals surface area contributed by atoms with Gasteiger partial charge in [0.15, 0.2) is 0 Å². The number of hydrogen-bond acceptors (Lipinski definition) is 4. The lowest BCUT2D eigenvalue weighted by Gasteiger charge is -2.10. The third kappa shape index (κ3) is 4.33. The number of rotatable bonds is 4. The Balaban J connectivity index is 1.08. The minimum Gasteiger partial charge on any atom is -0.455 e. The molecule has 4 aromatic heterocycles. The fourth-order valence-corrected chi connectivity index (χ4v) is 9.31. The zero-order valence-electron chi connectivity index (χ0n) is 28.8. The van der Waals surface area contributed by atoms with Crippen molar-refractivity contribution in [2.24, 2.45) is 0 Å². The summed E-state index contributed by atoms with van der Waals surface area (Å²) >= 11 is 1.73. The molecular formula is C49H28N2O2S. The fourth-order valence-electron chi connectivity index (χ4n) is 8.33. The lowest BCUT2D eigenvalue weighted by Crippen LogP contribution is -1.94. The number of furan rings is 2. The first-order valence-corrected chi connectivity index (χ1v) is 18.9. The summed E-state index contributed by atoms with van der Waals surface area (Å²) in [6, 6.07) is 60.2. The Morgan fingerprint density at radius 1 is 0.426 bits per heavy atom. The molecule has 4 heterocycles. The molecule has 0 N–H and O–H groups in total. The Morgan fingerprint density at radius 2 is 0.944 bits per heavy atom. The molecule has 0 saturated heterocycles. The number of thiazole rings is 1. The molecular weight excluding hydrogens is 681 g/mol. The average molecular weight is 709 g/mol. The molecule has 4 nitrogen and oxygen atoms in total. The van der Waals surface area contributed by atoms with Crippen LogP contribution in [-0.2, 0) is 0 Å². The summed E-state index contributed by atoms with van der Waals surface area (Å²) in [7, 11) is 0. The highest BCUT2D eigenvalue weighted by molar-refractivity contribution is 7.21. The average Bonchev–Trinajstić information content (AvgIpc) is 4.01. The first kappa shape index (κ1) is 29.6. The van der Waals surface area contributed by atoms with Crippen LogP contribution in [0.1, 0.15) is 0 Å². The van der Waals surface area contributed by atoms with Crippen LogP contribution < -0.4 is 0 Å². The van der Waals surface area contributed by atoms with E-state index in [1.54, 1.807) is 11.3 Å². The van der Waals surface area contributed by atoms with Gasteiger partial charge in [0, 0.05) is 54.7 Å². The molecule has 12 rings (SSSR count). The maximum absolute atomic E-state index is 6.50. The van der Waals surface area contributed by atoms with Crippen molar-refractivity contribution in [3.05, 3.63) is 170 Å². The fraction of sp³-hybridized carbons (Fsp3) is 0. The van der Waals surface area contributed by atoms with E-state index in [-0.39, 0.29) is 0 Å². The standard InChI is InChI=1S/C49H28N2O2S/c1-4-16-44-35(9-1)37-13-7-11-33(47(37)52-44)30-21-25-42-39(27-30)40-28-31(34-12-8-14-38-36-10-2-5-17-45(36)53-48(34)38)22-26-43(40)51(42)32-23-19-29(20-24-32)49-50-41-15-3-6-18-46(41)54-49/h1-28H. The minimum absolute atomic E-state index is 0.899. The third-order valence-electron chi connectivity index (χ3n) is 10.9. The van der Waals surface area contributed by atoms with E-state index >= 15 is 0 Å². The van der Waals surface area contributed by atoms with Crippen molar-refractivity contribution in [3.8, 4) is 38.5 Å². The lowest BCUT2D eigenvalue weighted by atomic mass is 9.98. The predicted octanol–water partition coefficient (Wildman–Crippen LogP) is 14.2. The highest BCUT2D eigenvalue weighted by Gasteiger charge is 2.19. The molecule has 5 heteroatoms. The van der Waals surface area contributed by atoms with Crippen molar-refractivity contribution in [3.63, 3.8) is 0 Å². The van der Waals surface area contributed by atoms with Gasteiger partial charge in [-0.25, -0.2) is 4.98 Å². The second kappa shape index (κ2) is 11.3. The van der Waals surface area contributed by atoms with E-state index in [4.69, 9.17) is 13.8 Å². The van der Waals surface area contributed by atoms with Crippen LogP contribution in [0.5, 0.6) is 0 Å². The molecule has 0 spiro atoms. The Labute approximate surface area is 312 Å². The second-order valence-corrected chi connectivity index (χ2v) is 14.9. The maximum atomic E-state index is 6.50. The van der Waals surface area contributed by atoms with Crippen molar-refractivity contribution in [1.82, 2.24) is 9.55 Å². The van der Waals surface area contributed by atoms with Gasteiger partial charge in [-0.05, 0) is 83.9 Å². The summed E-state index contributed by atoms with van der Waals surface area (Å²) in [6.45, 7) is 0. The Kier molecular flexibility index (Phi) is 6.18. The summed E-state index contributed by atoms with van der Waals surface area (Å²) in [4.78, 5) is 4.92. The van der Waals surface area contributed by atoms with Crippen LogP contribution in [0.3, 0.4) is 0 Å². The molecule has 0 bridgehead atoms. The molecule has 0 fully saturated rings. The first-order valence-electron chi connectivity index (χ1n) is 18.1. The van der Waals surface area contributed by atoms with Crippen LogP contribution in [0.2, 0.25) is 0 Å². The highest BCUT2D eigenvalue weighted by atomic mass is 32.1. The zero-order valence-corrected chi connectivity index (χ0v) is 29.6. The largest absolute Gasteiger partial charge is 0.455 e.